The third-order valence-corrected chi connectivity index (χ3v) is 6.63. The van der Waals surface area contributed by atoms with Crippen LogP contribution in [0.5, 0.6) is 0 Å². The number of aryl methyl sites for hydroxylation is 1. The molecule has 4 aromatic rings. The van der Waals surface area contributed by atoms with Crippen molar-refractivity contribution in [2.45, 2.75) is 51.9 Å². The molecule has 5 rings (SSSR count). The summed E-state index contributed by atoms with van der Waals surface area (Å²) < 4.78 is 41.2. The van der Waals surface area contributed by atoms with Crippen LogP contribution in [0.25, 0.3) is 22.6 Å². The fourth-order valence-electron chi connectivity index (χ4n) is 4.42. The molecule has 0 unspecified atom stereocenters. The third kappa shape index (κ3) is 4.82. The Morgan fingerprint density at radius 3 is 2.47 bits per heavy atom. The van der Waals surface area contributed by atoms with Crippen LogP contribution in [0, 0.1) is 5.92 Å². The molecule has 0 bridgehead atoms. The number of alkyl halides is 3. The summed E-state index contributed by atoms with van der Waals surface area (Å²) in [5.74, 6) is 1.67. The average molecular weight is 494 g/mol. The Kier molecular flexibility index (Phi) is 6.24. The molecule has 1 aliphatic carbocycles. The molecule has 1 aliphatic rings. The first-order valence-electron chi connectivity index (χ1n) is 12.0. The van der Waals surface area contributed by atoms with Crippen molar-refractivity contribution in [3.05, 3.63) is 71.0 Å². The highest BCUT2D eigenvalue weighted by Gasteiger charge is 2.31. The zero-order chi connectivity index (χ0) is 25.4. The Hall–Kier alpha value is -3.75. The molecular formula is C27H26F3N5O. The lowest BCUT2D eigenvalue weighted by Gasteiger charge is -2.17. The number of imidazole rings is 1. The molecule has 0 saturated heterocycles. The van der Waals surface area contributed by atoms with Crippen molar-refractivity contribution in [1.29, 1.82) is 0 Å². The minimum absolute atomic E-state index is 0.0287. The first-order chi connectivity index (χ1) is 17.3. The van der Waals surface area contributed by atoms with Gasteiger partial charge >= 0.3 is 6.18 Å². The van der Waals surface area contributed by atoms with Gasteiger partial charge < -0.3 is 9.88 Å². The molecular weight excluding hydrogens is 467 g/mol. The van der Waals surface area contributed by atoms with Crippen molar-refractivity contribution in [1.82, 2.24) is 19.5 Å². The van der Waals surface area contributed by atoms with Gasteiger partial charge in [0, 0.05) is 18.2 Å². The first-order valence-corrected chi connectivity index (χ1v) is 12.0. The van der Waals surface area contributed by atoms with Crippen LogP contribution in [-0.2, 0) is 19.1 Å². The number of anilines is 1. The second kappa shape index (κ2) is 9.37. The maximum atomic E-state index is 13.1. The third-order valence-electron chi connectivity index (χ3n) is 6.63. The largest absolute Gasteiger partial charge is 0.416 e. The van der Waals surface area contributed by atoms with Gasteiger partial charge in [0.2, 0.25) is 0 Å². The van der Waals surface area contributed by atoms with E-state index < -0.39 is 11.7 Å². The van der Waals surface area contributed by atoms with E-state index in [4.69, 9.17) is 4.98 Å². The van der Waals surface area contributed by atoms with E-state index in [-0.39, 0.29) is 18.4 Å². The number of aldehydes is 1. The summed E-state index contributed by atoms with van der Waals surface area (Å²) in [7, 11) is 0. The van der Waals surface area contributed by atoms with Gasteiger partial charge in [-0.15, -0.1) is 0 Å². The van der Waals surface area contributed by atoms with Crippen molar-refractivity contribution in [2.24, 2.45) is 5.92 Å². The summed E-state index contributed by atoms with van der Waals surface area (Å²) >= 11 is 0. The number of fused-ring (bicyclic) bond motifs is 1. The van der Waals surface area contributed by atoms with Gasteiger partial charge in [-0.25, -0.2) is 15.0 Å². The Morgan fingerprint density at radius 2 is 1.83 bits per heavy atom. The summed E-state index contributed by atoms with van der Waals surface area (Å²) in [4.78, 5) is 25.2. The number of nitrogens with zero attached hydrogens (tertiary/aromatic N) is 4. The van der Waals surface area contributed by atoms with Crippen LogP contribution < -0.4 is 5.32 Å². The molecule has 1 N–H and O–H groups in total. The van der Waals surface area contributed by atoms with E-state index in [0.29, 0.717) is 40.6 Å². The molecule has 1 fully saturated rings. The molecule has 6 nitrogen and oxygen atoms in total. The SMILES string of the molecule is CCc1cccc(-c2nc3nc(C=O)nc(N[C@H](C)C4CC4)c3n2Cc2ccc(C(F)(F)F)cc2)c1. The van der Waals surface area contributed by atoms with E-state index in [2.05, 4.69) is 29.1 Å². The van der Waals surface area contributed by atoms with Gasteiger partial charge in [0.15, 0.2) is 23.6 Å². The van der Waals surface area contributed by atoms with Crippen molar-refractivity contribution < 1.29 is 18.0 Å². The highest BCUT2D eigenvalue weighted by molar-refractivity contribution is 5.89. The molecule has 0 spiro atoms. The quantitative estimate of drug-likeness (QED) is 0.298. The van der Waals surface area contributed by atoms with Gasteiger partial charge in [-0.05, 0) is 61.4 Å². The summed E-state index contributed by atoms with van der Waals surface area (Å²) in [5, 5.41) is 3.44. The molecule has 0 amide bonds. The van der Waals surface area contributed by atoms with E-state index >= 15 is 0 Å². The molecule has 36 heavy (non-hydrogen) atoms. The summed E-state index contributed by atoms with van der Waals surface area (Å²) in [5.41, 5.74) is 2.94. The molecule has 186 valence electrons. The highest BCUT2D eigenvalue weighted by Crippen LogP contribution is 2.36. The lowest BCUT2D eigenvalue weighted by Crippen LogP contribution is -2.20. The minimum Gasteiger partial charge on any atom is -0.365 e. The maximum Gasteiger partial charge on any atom is 0.416 e. The van der Waals surface area contributed by atoms with Crippen molar-refractivity contribution in [3.8, 4) is 11.4 Å². The molecule has 0 aliphatic heterocycles. The predicted molar refractivity (Wildman–Crippen MR) is 132 cm³/mol. The predicted octanol–water partition coefficient (Wildman–Crippen LogP) is 6.15. The lowest BCUT2D eigenvalue weighted by molar-refractivity contribution is -0.137. The Labute approximate surface area is 206 Å². The van der Waals surface area contributed by atoms with Gasteiger partial charge in [0.1, 0.15) is 11.3 Å². The number of aromatic nitrogens is 4. The van der Waals surface area contributed by atoms with Gasteiger partial charge in [0.25, 0.3) is 0 Å². The smallest absolute Gasteiger partial charge is 0.365 e. The molecule has 9 heteroatoms. The van der Waals surface area contributed by atoms with E-state index in [0.717, 1.165) is 42.5 Å². The maximum absolute atomic E-state index is 13.1. The molecule has 2 aromatic carbocycles. The molecule has 2 heterocycles. The normalized spacial score (nSPS) is 14.7. The number of halogens is 3. The number of benzene rings is 2. The summed E-state index contributed by atoms with van der Waals surface area (Å²) in [6, 6.07) is 13.2. The summed E-state index contributed by atoms with van der Waals surface area (Å²) in [6.07, 6.45) is -0.709. The number of rotatable bonds is 8. The second-order valence-electron chi connectivity index (χ2n) is 9.26. The van der Waals surface area contributed by atoms with Crippen molar-refractivity contribution in [3.63, 3.8) is 0 Å². The van der Waals surface area contributed by atoms with Crippen LogP contribution in [0.15, 0.2) is 48.5 Å². The van der Waals surface area contributed by atoms with Crippen LogP contribution in [0.3, 0.4) is 0 Å². The molecule has 2 aromatic heterocycles. The zero-order valence-electron chi connectivity index (χ0n) is 20.0. The van der Waals surface area contributed by atoms with E-state index in [1.165, 1.54) is 12.1 Å². The van der Waals surface area contributed by atoms with Crippen molar-refractivity contribution in [2.75, 3.05) is 5.32 Å². The van der Waals surface area contributed by atoms with Gasteiger partial charge in [-0.3, -0.25) is 4.79 Å². The molecule has 1 atom stereocenters. The Balaban J connectivity index is 1.67. The van der Waals surface area contributed by atoms with E-state index in [1.54, 1.807) is 0 Å². The fourth-order valence-corrected chi connectivity index (χ4v) is 4.42. The van der Waals surface area contributed by atoms with Gasteiger partial charge in [-0.1, -0.05) is 37.3 Å². The summed E-state index contributed by atoms with van der Waals surface area (Å²) in [6.45, 7) is 4.40. The topological polar surface area (TPSA) is 72.7 Å². The standard InChI is InChI=1S/C27H26F3N5O/c1-3-17-5-4-6-20(13-17)26-34-25-23(24(32-22(15-36)33-25)31-16(2)19-9-10-19)35(26)14-18-7-11-21(12-8-18)27(28,29)30/h4-8,11-13,15-16,19H,3,9-10,14H2,1-2H3,(H,31,32,33)/t16-/m1/s1. The molecule has 1 saturated carbocycles. The van der Waals surface area contributed by atoms with Crippen LogP contribution in [0.2, 0.25) is 0 Å². The van der Waals surface area contributed by atoms with Crippen LogP contribution >= 0.6 is 0 Å². The van der Waals surface area contributed by atoms with Gasteiger partial charge in [-0.2, -0.15) is 13.2 Å². The Morgan fingerprint density at radius 1 is 1.08 bits per heavy atom. The zero-order valence-corrected chi connectivity index (χ0v) is 20.0. The number of nitrogens with one attached hydrogen (secondary N) is 1. The lowest BCUT2D eigenvalue weighted by atomic mass is 10.1. The first kappa shape index (κ1) is 24.0. The minimum atomic E-state index is -4.40. The van der Waals surface area contributed by atoms with Crippen LogP contribution in [0.4, 0.5) is 19.0 Å². The van der Waals surface area contributed by atoms with Crippen LogP contribution in [0.1, 0.15) is 54.0 Å². The average Bonchev–Trinajstić information content (AvgIpc) is 3.66. The molecule has 0 radical (unpaired) electrons. The fraction of sp³-hybridized carbons (Fsp3) is 0.333. The number of carbonyl (C=O) groups is 1. The van der Waals surface area contributed by atoms with Crippen molar-refractivity contribution >= 4 is 23.3 Å². The monoisotopic (exact) mass is 493 g/mol. The number of hydrogen-bond acceptors (Lipinski definition) is 5. The van der Waals surface area contributed by atoms with Crippen LogP contribution in [-0.4, -0.2) is 31.8 Å². The second-order valence-corrected chi connectivity index (χ2v) is 9.26. The van der Waals surface area contributed by atoms with Gasteiger partial charge in [0.05, 0.1) is 5.56 Å². The van der Waals surface area contributed by atoms with E-state index in [9.17, 15) is 18.0 Å². The highest BCUT2D eigenvalue weighted by atomic mass is 19.4. The number of hydrogen-bond donors (Lipinski definition) is 1. The number of carbonyl (C=O) groups excluding carboxylic acids is 1. The van der Waals surface area contributed by atoms with E-state index in [1.807, 2.05) is 28.8 Å². The Bertz CT molecular complexity index is 1410.